The fourth-order valence-corrected chi connectivity index (χ4v) is 1.68. The Hall–Kier alpha value is -1.22. The van der Waals surface area contributed by atoms with Crippen LogP contribution in [0.4, 0.5) is 11.4 Å². The molecule has 0 heterocycles. The normalized spacial score (nSPS) is 10.3. The van der Waals surface area contributed by atoms with Crippen molar-refractivity contribution in [3.05, 3.63) is 24.3 Å². The van der Waals surface area contributed by atoms with E-state index in [2.05, 4.69) is 5.32 Å². The Morgan fingerprint density at radius 2 is 1.62 bits per heavy atom. The topological polar surface area (TPSA) is 64.1 Å². The Bertz CT molecular complexity index is 286. The standard InChI is InChI=1S/C13H23N3/c14-10-6-2-1-3-7-11-16-13-9-5-4-8-12(13)15/h4-5,8-9,16H,1-3,6-7,10-11,14-15H2. The van der Waals surface area contributed by atoms with E-state index in [1.807, 2.05) is 24.3 Å². The molecule has 0 aliphatic carbocycles. The van der Waals surface area contributed by atoms with Gasteiger partial charge in [0.2, 0.25) is 0 Å². The van der Waals surface area contributed by atoms with Crippen LogP contribution in [0.15, 0.2) is 24.3 Å². The van der Waals surface area contributed by atoms with E-state index >= 15 is 0 Å². The Morgan fingerprint density at radius 3 is 2.38 bits per heavy atom. The van der Waals surface area contributed by atoms with Crippen molar-refractivity contribution in [3.63, 3.8) is 0 Å². The van der Waals surface area contributed by atoms with Crippen LogP contribution in [0.5, 0.6) is 0 Å². The molecule has 0 aliphatic heterocycles. The molecular weight excluding hydrogens is 198 g/mol. The molecule has 0 radical (unpaired) electrons. The molecule has 90 valence electrons. The van der Waals surface area contributed by atoms with Crippen molar-refractivity contribution < 1.29 is 0 Å². The molecule has 0 saturated carbocycles. The summed E-state index contributed by atoms with van der Waals surface area (Å²) in [5.74, 6) is 0. The van der Waals surface area contributed by atoms with E-state index in [-0.39, 0.29) is 0 Å². The molecule has 0 spiro atoms. The lowest BCUT2D eigenvalue weighted by atomic mass is 10.1. The minimum absolute atomic E-state index is 0.818. The number of nitrogens with two attached hydrogens (primary N) is 2. The largest absolute Gasteiger partial charge is 0.397 e. The first-order valence-electron chi connectivity index (χ1n) is 6.13. The summed E-state index contributed by atoms with van der Waals surface area (Å²) in [6.07, 6.45) is 6.14. The lowest BCUT2D eigenvalue weighted by molar-refractivity contribution is 0.629. The van der Waals surface area contributed by atoms with Crippen LogP contribution in [0.3, 0.4) is 0 Å². The minimum Gasteiger partial charge on any atom is -0.397 e. The maximum Gasteiger partial charge on any atom is 0.0573 e. The molecule has 0 unspecified atom stereocenters. The van der Waals surface area contributed by atoms with E-state index in [4.69, 9.17) is 11.5 Å². The van der Waals surface area contributed by atoms with Gasteiger partial charge in [-0.1, -0.05) is 31.4 Å². The first kappa shape index (κ1) is 12.8. The lowest BCUT2D eigenvalue weighted by Gasteiger charge is -2.08. The zero-order chi connectivity index (χ0) is 11.6. The summed E-state index contributed by atoms with van der Waals surface area (Å²) in [7, 11) is 0. The number of hydrogen-bond donors (Lipinski definition) is 3. The maximum absolute atomic E-state index is 5.82. The monoisotopic (exact) mass is 221 g/mol. The third-order valence-corrected chi connectivity index (χ3v) is 2.66. The zero-order valence-corrected chi connectivity index (χ0v) is 9.91. The smallest absolute Gasteiger partial charge is 0.0573 e. The number of anilines is 2. The predicted octanol–water partition coefficient (Wildman–Crippen LogP) is 2.59. The van der Waals surface area contributed by atoms with Gasteiger partial charge in [0.05, 0.1) is 11.4 Å². The highest BCUT2D eigenvalue weighted by Crippen LogP contribution is 2.16. The molecule has 0 aliphatic rings. The van der Waals surface area contributed by atoms with Gasteiger partial charge in [-0.25, -0.2) is 0 Å². The fraction of sp³-hybridized carbons (Fsp3) is 0.538. The second-order valence-corrected chi connectivity index (χ2v) is 4.07. The number of hydrogen-bond acceptors (Lipinski definition) is 3. The molecule has 1 rings (SSSR count). The van der Waals surface area contributed by atoms with Crippen molar-refractivity contribution in [2.45, 2.75) is 32.1 Å². The van der Waals surface area contributed by atoms with E-state index in [1.165, 1.54) is 25.7 Å². The molecule has 0 bridgehead atoms. The van der Waals surface area contributed by atoms with Crippen molar-refractivity contribution in [1.29, 1.82) is 0 Å². The summed E-state index contributed by atoms with van der Waals surface area (Å²) in [6.45, 7) is 1.82. The molecule has 3 heteroatoms. The van der Waals surface area contributed by atoms with Crippen molar-refractivity contribution >= 4 is 11.4 Å². The van der Waals surface area contributed by atoms with Gasteiger partial charge >= 0.3 is 0 Å². The molecule has 0 aromatic heterocycles. The summed E-state index contributed by atoms with van der Waals surface area (Å²) in [4.78, 5) is 0. The molecule has 0 amide bonds. The van der Waals surface area contributed by atoms with E-state index in [9.17, 15) is 0 Å². The third kappa shape index (κ3) is 5.03. The van der Waals surface area contributed by atoms with Crippen LogP contribution in [-0.2, 0) is 0 Å². The van der Waals surface area contributed by atoms with Crippen LogP contribution in [-0.4, -0.2) is 13.1 Å². The average molecular weight is 221 g/mol. The molecule has 1 aromatic rings. The van der Waals surface area contributed by atoms with Gasteiger partial charge in [0.15, 0.2) is 0 Å². The molecule has 0 saturated heterocycles. The van der Waals surface area contributed by atoms with Gasteiger partial charge in [0.25, 0.3) is 0 Å². The summed E-state index contributed by atoms with van der Waals surface area (Å²) in [6, 6.07) is 7.89. The van der Waals surface area contributed by atoms with Gasteiger partial charge in [0.1, 0.15) is 0 Å². The SMILES string of the molecule is NCCCCCCCNc1ccccc1N. The predicted molar refractivity (Wildman–Crippen MR) is 71.5 cm³/mol. The van der Waals surface area contributed by atoms with Gasteiger partial charge in [-0.05, 0) is 31.5 Å². The number of rotatable bonds is 8. The number of nitrogen functional groups attached to an aromatic ring is 1. The van der Waals surface area contributed by atoms with Crippen LogP contribution in [0, 0.1) is 0 Å². The first-order valence-corrected chi connectivity index (χ1v) is 6.13. The van der Waals surface area contributed by atoms with Crippen LogP contribution in [0.1, 0.15) is 32.1 Å². The molecule has 1 aromatic carbocycles. The van der Waals surface area contributed by atoms with Crippen molar-refractivity contribution in [1.82, 2.24) is 0 Å². The quantitative estimate of drug-likeness (QED) is 0.467. The third-order valence-electron chi connectivity index (χ3n) is 2.66. The van der Waals surface area contributed by atoms with Gasteiger partial charge in [0, 0.05) is 6.54 Å². The highest BCUT2D eigenvalue weighted by atomic mass is 14.9. The van der Waals surface area contributed by atoms with Crippen molar-refractivity contribution in [2.75, 3.05) is 24.1 Å². The van der Waals surface area contributed by atoms with Gasteiger partial charge in [-0.2, -0.15) is 0 Å². The molecule has 3 nitrogen and oxygen atoms in total. The minimum atomic E-state index is 0.818. The van der Waals surface area contributed by atoms with E-state index in [0.717, 1.165) is 30.9 Å². The Balaban J connectivity index is 2.05. The molecule has 5 N–H and O–H groups in total. The van der Waals surface area contributed by atoms with Crippen LogP contribution < -0.4 is 16.8 Å². The molecule has 16 heavy (non-hydrogen) atoms. The highest BCUT2D eigenvalue weighted by molar-refractivity contribution is 5.65. The second kappa shape index (κ2) is 7.99. The summed E-state index contributed by atoms with van der Waals surface area (Å²) >= 11 is 0. The van der Waals surface area contributed by atoms with E-state index in [0.29, 0.717) is 0 Å². The molecule has 0 fully saturated rings. The number of benzene rings is 1. The summed E-state index contributed by atoms with van der Waals surface area (Å²) < 4.78 is 0. The van der Waals surface area contributed by atoms with Crippen LogP contribution in [0.2, 0.25) is 0 Å². The van der Waals surface area contributed by atoms with Gasteiger partial charge in [-0.3, -0.25) is 0 Å². The number of unbranched alkanes of at least 4 members (excludes halogenated alkanes) is 4. The van der Waals surface area contributed by atoms with E-state index < -0.39 is 0 Å². The maximum atomic E-state index is 5.82. The van der Waals surface area contributed by atoms with Gasteiger partial charge in [-0.15, -0.1) is 0 Å². The number of nitrogens with one attached hydrogen (secondary N) is 1. The Kier molecular flexibility index (Phi) is 6.42. The second-order valence-electron chi connectivity index (χ2n) is 4.07. The summed E-state index contributed by atoms with van der Waals surface area (Å²) in [5, 5.41) is 3.35. The van der Waals surface area contributed by atoms with Crippen molar-refractivity contribution in [3.8, 4) is 0 Å². The summed E-state index contributed by atoms with van der Waals surface area (Å²) in [5.41, 5.74) is 13.1. The Labute approximate surface area is 98.2 Å². The van der Waals surface area contributed by atoms with Crippen LogP contribution in [0.25, 0.3) is 0 Å². The highest BCUT2D eigenvalue weighted by Gasteiger charge is 1.95. The average Bonchev–Trinajstić information content (AvgIpc) is 2.30. The lowest BCUT2D eigenvalue weighted by Crippen LogP contribution is -2.04. The number of para-hydroxylation sites is 2. The van der Waals surface area contributed by atoms with E-state index in [1.54, 1.807) is 0 Å². The Morgan fingerprint density at radius 1 is 0.938 bits per heavy atom. The molecule has 0 atom stereocenters. The first-order chi connectivity index (χ1) is 7.84. The van der Waals surface area contributed by atoms with Crippen molar-refractivity contribution in [2.24, 2.45) is 5.73 Å². The fourth-order valence-electron chi connectivity index (χ4n) is 1.68. The van der Waals surface area contributed by atoms with Gasteiger partial charge < -0.3 is 16.8 Å². The molecular formula is C13H23N3. The zero-order valence-electron chi connectivity index (χ0n) is 9.91. The van der Waals surface area contributed by atoms with Crippen LogP contribution >= 0.6 is 0 Å².